The number of hydrogen-bond donors (Lipinski definition) is 1. The number of aromatic nitrogens is 1. The third-order valence-corrected chi connectivity index (χ3v) is 4.93. The molecule has 1 heterocycles. The Hall–Kier alpha value is -1.23. The number of ether oxygens (including phenoxy) is 1. The molecule has 0 radical (unpaired) electrons. The van der Waals surface area contributed by atoms with E-state index in [1.54, 1.807) is 18.4 Å². The van der Waals surface area contributed by atoms with Crippen LogP contribution in [0.3, 0.4) is 0 Å². The van der Waals surface area contributed by atoms with Crippen molar-refractivity contribution in [2.75, 3.05) is 7.11 Å². The highest BCUT2D eigenvalue weighted by Crippen LogP contribution is 2.40. The molecule has 0 saturated carbocycles. The summed E-state index contributed by atoms with van der Waals surface area (Å²) >= 11 is 1.74. The highest BCUT2D eigenvalue weighted by molar-refractivity contribution is 7.11. The Kier molecular flexibility index (Phi) is 3.64. The summed E-state index contributed by atoms with van der Waals surface area (Å²) in [4.78, 5) is 5.92. The Morgan fingerprint density at radius 3 is 3.05 bits per heavy atom. The maximum Gasteiger partial charge on any atom is 0.101 e. The molecule has 1 aromatic carbocycles. The predicted molar refractivity (Wildman–Crippen MR) is 77.3 cm³/mol. The molecule has 1 atom stereocenters. The van der Waals surface area contributed by atoms with E-state index in [1.165, 1.54) is 16.1 Å². The fraction of sp³-hybridized carbons (Fsp3) is 0.400. The molecule has 0 fully saturated rings. The smallest absolute Gasteiger partial charge is 0.101 e. The van der Waals surface area contributed by atoms with Gasteiger partial charge in [-0.3, -0.25) is 0 Å². The van der Waals surface area contributed by atoms with Crippen molar-refractivity contribution in [3.05, 3.63) is 51.0 Å². The van der Waals surface area contributed by atoms with Gasteiger partial charge in [-0.15, -0.1) is 11.3 Å². The zero-order chi connectivity index (χ0) is 13.2. The Labute approximate surface area is 117 Å². The summed E-state index contributed by atoms with van der Waals surface area (Å²) in [6, 6.07) is 8.69. The van der Waals surface area contributed by atoms with Gasteiger partial charge in [0.05, 0.1) is 12.3 Å². The van der Waals surface area contributed by atoms with Crippen LogP contribution < -0.4 is 5.73 Å². The van der Waals surface area contributed by atoms with Crippen molar-refractivity contribution < 1.29 is 4.74 Å². The molecule has 1 aliphatic rings. The van der Waals surface area contributed by atoms with Gasteiger partial charge in [-0.05, 0) is 24.0 Å². The SMILES string of the molecule is COCc1nc(C2CCc3ccccc32)sc1CN. The van der Waals surface area contributed by atoms with Crippen LogP contribution in [-0.4, -0.2) is 12.1 Å². The molecule has 0 spiro atoms. The summed E-state index contributed by atoms with van der Waals surface area (Å²) in [7, 11) is 1.70. The van der Waals surface area contributed by atoms with Crippen molar-refractivity contribution in [2.45, 2.75) is 31.9 Å². The molecule has 3 nitrogen and oxygen atoms in total. The lowest BCUT2D eigenvalue weighted by atomic mass is 10.0. The molecule has 2 aromatic rings. The van der Waals surface area contributed by atoms with Crippen LogP contribution in [0.2, 0.25) is 0 Å². The minimum absolute atomic E-state index is 0.442. The first kappa shape index (κ1) is 12.8. The Balaban J connectivity index is 1.95. The van der Waals surface area contributed by atoms with Crippen molar-refractivity contribution in [3.63, 3.8) is 0 Å². The van der Waals surface area contributed by atoms with Crippen LogP contribution in [-0.2, 0) is 24.3 Å². The molecule has 3 rings (SSSR count). The predicted octanol–water partition coefficient (Wildman–Crippen LogP) is 2.83. The molecule has 0 bridgehead atoms. The molecule has 0 aliphatic heterocycles. The number of nitrogens with zero attached hydrogens (tertiary/aromatic N) is 1. The first-order valence-corrected chi connectivity index (χ1v) is 7.40. The molecule has 1 unspecified atom stereocenters. The minimum Gasteiger partial charge on any atom is -0.378 e. The number of fused-ring (bicyclic) bond motifs is 1. The van der Waals surface area contributed by atoms with Gasteiger partial charge in [-0.2, -0.15) is 0 Å². The zero-order valence-electron chi connectivity index (χ0n) is 11.1. The van der Waals surface area contributed by atoms with Gasteiger partial charge in [-0.25, -0.2) is 4.98 Å². The fourth-order valence-electron chi connectivity index (χ4n) is 2.77. The summed E-state index contributed by atoms with van der Waals surface area (Å²) in [5.74, 6) is 0.442. The largest absolute Gasteiger partial charge is 0.378 e. The quantitative estimate of drug-likeness (QED) is 0.932. The minimum atomic E-state index is 0.442. The number of rotatable bonds is 4. The molecule has 2 N–H and O–H groups in total. The maximum absolute atomic E-state index is 5.80. The third kappa shape index (κ3) is 2.31. The highest BCUT2D eigenvalue weighted by Gasteiger charge is 2.27. The Morgan fingerprint density at radius 1 is 1.42 bits per heavy atom. The van der Waals surface area contributed by atoms with Crippen molar-refractivity contribution in [2.24, 2.45) is 5.73 Å². The van der Waals surface area contributed by atoms with Crippen LogP contribution in [0, 0.1) is 0 Å². The average molecular weight is 274 g/mol. The van der Waals surface area contributed by atoms with E-state index in [2.05, 4.69) is 24.3 Å². The van der Waals surface area contributed by atoms with Gasteiger partial charge in [0.25, 0.3) is 0 Å². The summed E-state index contributed by atoms with van der Waals surface area (Å²) < 4.78 is 5.20. The van der Waals surface area contributed by atoms with Crippen LogP contribution >= 0.6 is 11.3 Å². The molecule has 0 saturated heterocycles. The van der Waals surface area contributed by atoms with E-state index in [9.17, 15) is 0 Å². The van der Waals surface area contributed by atoms with Crippen LogP contribution in [0.1, 0.15) is 39.0 Å². The van der Waals surface area contributed by atoms with Crippen molar-refractivity contribution in [1.82, 2.24) is 4.98 Å². The van der Waals surface area contributed by atoms with E-state index in [0.717, 1.165) is 23.4 Å². The van der Waals surface area contributed by atoms with E-state index < -0.39 is 0 Å². The van der Waals surface area contributed by atoms with Gasteiger partial charge in [0.2, 0.25) is 0 Å². The van der Waals surface area contributed by atoms with E-state index in [4.69, 9.17) is 15.5 Å². The topological polar surface area (TPSA) is 48.1 Å². The van der Waals surface area contributed by atoms with E-state index >= 15 is 0 Å². The first-order chi connectivity index (χ1) is 9.33. The second-order valence-electron chi connectivity index (χ2n) is 4.85. The lowest BCUT2D eigenvalue weighted by molar-refractivity contribution is 0.181. The van der Waals surface area contributed by atoms with E-state index in [0.29, 0.717) is 19.1 Å². The summed E-state index contributed by atoms with van der Waals surface area (Å²) in [6.07, 6.45) is 2.31. The van der Waals surface area contributed by atoms with Gasteiger partial charge in [0.15, 0.2) is 0 Å². The van der Waals surface area contributed by atoms with Crippen LogP contribution in [0.15, 0.2) is 24.3 Å². The van der Waals surface area contributed by atoms with Gasteiger partial charge in [0, 0.05) is 24.4 Å². The highest BCUT2D eigenvalue weighted by atomic mass is 32.1. The second kappa shape index (κ2) is 5.41. The van der Waals surface area contributed by atoms with Crippen LogP contribution in [0.25, 0.3) is 0 Å². The average Bonchev–Trinajstić information content (AvgIpc) is 3.02. The number of benzene rings is 1. The van der Waals surface area contributed by atoms with Crippen molar-refractivity contribution in [3.8, 4) is 0 Å². The molecule has 19 heavy (non-hydrogen) atoms. The number of methoxy groups -OCH3 is 1. The fourth-order valence-corrected chi connectivity index (χ4v) is 3.88. The van der Waals surface area contributed by atoms with E-state index in [1.807, 2.05) is 0 Å². The van der Waals surface area contributed by atoms with Gasteiger partial charge in [-0.1, -0.05) is 24.3 Å². The standard InChI is InChI=1S/C15H18N2OS/c1-18-9-13-14(8-16)19-15(17-13)12-7-6-10-4-2-3-5-11(10)12/h2-5,12H,6-9,16H2,1H3. The first-order valence-electron chi connectivity index (χ1n) is 6.58. The second-order valence-corrected chi connectivity index (χ2v) is 5.96. The summed E-state index contributed by atoms with van der Waals surface area (Å²) in [5, 5.41) is 1.19. The summed E-state index contributed by atoms with van der Waals surface area (Å²) in [6.45, 7) is 1.10. The zero-order valence-corrected chi connectivity index (χ0v) is 11.9. The number of nitrogens with two attached hydrogens (primary N) is 1. The lowest BCUT2D eigenvalue weighted by Crippen LogP contribution is -1.99. The molecular formula is C15H18N2OS. The summed E-state index contributed by atoms with van der Waals surface area (Å²) in [5.41, 5.74) is 9.71. The molecule has 100 valence electrons. The van der Waals surface area contributed by atoms with Crippen LogP contribution in [0.5, 0.6) is 0 Å². The monoisotopic (exact) mass is 274 g/mol. The van der Waals surface area contributed by atoms with Crippen molar-refractivity contribution >= 4 is 11.3 Å². The van der Waals surface area contributed by atoms with Crippen molar-refractivity contribution in [1.29, 1.82) is 0 Å². The molecule has 4 heteroatoms. The third-order valence-electron chi connectivity index (χ3n) is 3.69. The Morgan fingerprint density at radius 2 is 2.26 bits per heavy atom. The molecular weight excluding hydrogens is 256 g/mol. The molecule has 1 aromatic heterocycles. The number of hydrogen-bond acceptors (Lipinski definition) is 4. The van der Waals surface area contributed by atoms with Crippen LogP contribution in [0.4, 0.5) is 0 Å². The number of aryl methyl sites for hydroxylation is 1. The lowest BCUT2D eigenvalue weighted by Gasteiger charge is -2.07. The molecule has 1 aliphatic carbocycles. The number of thiazole rings is 1. The van der Waals surface area contributed by atoms with Gasteiger partial charge in [0.1, 0.15) is 5.01 Å². The van der Waals surface area contributed by atoms with Gasteiger partial charge >= 0.3 is 0 Å². The van der Waals surface area contributed by atoms with E-state index in [-0.39, 0.29) is 0 Å². The van der Waals surface area contributed by atoms with Gasteiger partial charge < -0.3 is 10.5 Å². The normalized spacial score (nSPS) is 17.7. The maximum atomic E-state index is 5.80. The Bertz CT molecular complexity index is 579. The molecule has 0 amide bonds.